The van der Waals surface area contributed by atoms with Gasteiger partial charge >= 0.3 is 11.8 Å². The monoisotopic (exact) mass is 390 g/mol. The van der Waals surface area contributed by atoms with Crippen molar-refractivity contribution in [3.63, 3.8) is 0 Å². The van der Waals surface area contributed by atoms with E-state index in [1.54, 1.807) is 6.20 Å². The molecule has 0 aliphatic heterocycles. The molecule has 0 spiro atoms. The Labute approximate surface area is 163 Å². The molecule has 2 heterocycles. The van der Waals surface area contributed by atoms with Crippen LogP contribution < -0.4 is 10.7 Å². The summed E-state index contributed by atoms with van der Waals surface area (Å²) in [7, 11) is 0. The van der Waals surface area contributed by atoms with Crippen molar-refractivity contribution < 1.29 is 9.59 Å². The number of nitrogens with one attached hydrogen (secondary N) is 3. The van der Waals surface area contributed by atoms with Gasteiger partial charge in [-0.05, 0) is 6.07 Å². The van der Waals surface area contributed by atoms with Crippen molar-refractivity contribution in [2.45, 2.75) is 0 Å². The quantitative estimate of drug-likeness (QED) is 0.282. The average molecular weight is 390 g/mol. The highest BCUT2D eigenvalue weighted by molar-refractivity contribution is 7.18. The molecule has 2 aromatic heterocycles. The lowest BCUT2D eigenvalue weighted by atomic mass is 10.2. The van der Waals surface area contributed by atoms with Gasteiger partial charge in [0.1, 0.15) is 5.01 Å². The fraction of sp³-hybridized carbons (Fsp3) is 0. The molecular weight excluding hydrogens is 376 g/mol. The Kier molecular flexibility index (Phi) is 4.89. The highest BCUT2D eigenvalue weighted by Gasteiger charge is 2.16. The molecule has 28 heavy (non-hydrogen) atoms. The second kappa shape index (κ2) is 7.80. The molecule has 2 amide bonds. The number of nitrogens with zero attached hydrogens (tertiary/aromatic N) is 3. The van der Waals surface area contributed by atoms with Crippen molar-refractivity contribution in [1.29, 1.82) is 0 Å². The van der Waals surface area contributed by atoms with Crippen LogP contribution in [0.25, 0.3) is 21.5 Å². The summed E-state index contributed by atoms with van der Waals surface area (Å²) in [5.74, 6) is -1.76. The summed E-state index contributed by atoms with van der Waals surface area (Å²) in [6.07, 6.45) is 3.25. The zero-order valence-corrected chi connectivity index (χ0v) is 15.2. The molecule has 0 aliphatic carbocycles. The van der Waals surface area contributed by atoms with Crippen LogP contribution in [0.15, 0.2) is 65.9 Å². The van der Waals surface area contributed by atoms with Crippen LogP contribution >= 0.6 is 11.3 Å². The third-order valence-electron chi connectivity index (χ3n) is 3.86. The van der Waals surface area contributed by atoms with Gasteiger partial charge in [0.25, 0.3) is 0 Å². The highest BCUT2D eigenvalue weighted by atomic mass is 32.1. The van der Waals surface area contributed by atoms with Gasteiger partial charge in [0.2, 0.25) is 5.13 Å². The average Bonchev–Trinajstić information content (AvgIpc) is 3.36. The molecule has 3 N–H and O–H groups in total. The number of fused-ring (bicyclic) bond motifs is 1. The molecule has 0 saturated carbocycles. The third kappa shape index (κ3) is 3.79. The second-order valence-electron chi connectivity index (χ2n) is 5.72. The van der Waals surface area contributed by atoms with Gasteiger partial charge in [-0.2, -0.15) is 5.10 Å². The molecule has 0 aliphatic rings. The summed E-state index contributed by atoms with van der Waals surface area (Å²) in [5.41, 5.74) is 4.84. The maximum Gasteiger partial charge on any atom is 0.329 e. The number of hydrazone groups is 1. The summed E-state index contributed by atoms with van der Waals surface area (Å²) in [4.78, 5) is 27.0. The smallest absolute Gasteiger partial charge is 0.329 e. The number of aromatic nitrogens is 3. The van der Waals surface area contributed by atoms with E-state index < -0.39 is 11.8 Å². The first-order valence-corrected chi connectivity index (χ1v) is 9.12. The molecule has 0 atom stereocenters. The van der Waals surface area contributed by atoms with Crippen molar-refractivity contribution in [2.24, 2.45) is 5.10 Å². The second-order valence-corrected chi connectivity index (χ2v) is 6.70. The Morgan fingerprint density at radius 2 is 1.79 bits per heavy atom. The molecule has 0 fully saturated rings. The van der Waals surface area contributed by atoms with Crippen molar-refractivity contribution in [3.05, 3.63) is 66.4 Å². The summed E-state index contributed by atoms with van der Waals surface area (Å²) >= 11 is 1.18. The lowest BCUT2D eigenvalue weighted by Gasteiger charge is -1.99. The third-order valence-corrected chi connectivity index (χ3v) is 4.75. The minimum Gasteiger partial charge on any atom is -0.361 e. The number of hydrogen-bond acceptors (Lipinski definition) is 6. The van der Waals surface area contributed by atoms with E-state index in [4.69, 9.17) is 0 Å². The summed E-state index contributed by atoms with van der Waals surface area (Å²) in [6.45, 7) is 0. The first kappa shape index (κ1) is 17.6. The molecule has 8 nitrogen and oxygen atoms in total. The van der Waals surface area contributed by atoms with Crippen LogP contribution in [0, 0.1) is 0 Å². The number of rotatable bonds is 4. The number of anilines is 1. The predicted octanol–water partition coefficient (Wildman–Crippen LogP) is 2.78. The minimum atomic E-state index is -0.896. The maximum atomic E-state index is 12.0. The summed E-state index contributed by atoms with van der Waals surface area (Å²) in [6, 6.07) is 17.1. The maximum absolute atomic E-state index is 12.0. The van der Waals surface area contributed by atoms with Crippen molar-refractivity contribution in [2.75, 3.05) is 5.32 Å². The Hall–Kier alpha value is -3.85. The van der Waals surface area contributed by atoms with Gasteiger partial charge < -0.3 is 4.98 Å². The van der Waals surface area contributed by atoms with Crippen LogP contribution in [0.2, 0.25) is 0 Å². The van der Waals surface area contributed by atoms with E-state index in [-0.39, 0.29) is 5.13 Å². The van der Waals surface area contributed by atoms with Gasteiger partial charge in [-0.25, -0.2) is 5.43 Å². The normalized spacial score (nSPS) is 11.0. The number of carbonyl (C=O) groups is 2. The molecule has 138 valence electrons. The molecule has 4 aromatic rings. The minimum absolute atomic E-state index is 0.236. The fourth-order valence-corrected chi connectivity index (χ4v) is 3.28. The van der Waals surface area contributed by atoms with E-state index >= 15 is 0 Å². The van der Waals surface area contributed by atoms with E-state index in [1.165, 1.54) is 17.6 Å². The van der Waals surface area contributed by atoms with Gasteiger partial charge in [-0.3, -0.25) is 14.9 Å². The van der Waals surface area contributed by atoms with Gasteiger partial charge in [0, 0.05) is 28.2 Å². The SMILES string of the molecule is O=C(NN=Cc1c[nH]c2ccccc12)C(=O)Nc1nnc(-c2ccccc2)s1. The number of carbonyl (C=O) groups excluding carboxylic acids is 2. The van der Waals surface area contributed by atoms with Crippen LogP contribution in [0.1, 0.15) is 5.56 Å². The lowest BCUT2D eigenvalue weighted by molar-refractivity contribution is -0.136. The molecule has 0 saturated heterocycles. The Balaban J connectivity index is 1.36. The molecule has 0 bridgehead atoms. The number of aromatic amines is 1. The van der Waals surface area contributed by atoms with Crippen molar-refractivity contribution >= 4 is 45.4 Å². The van der Waals surface area contributed by atoms with Crippen LogP contribution in [0.5, 0.6) is 0 Å². The van der Waals surface area contributed by atoms with E-state index in [9.17, 15) is 9.59 Å². The summed E-state index contributed by atoms with van der Waals surface area (Å²) < 4.78 is 0. The van der Waals surface area contributed by atoms with E-state index in [2.05, 4.69) is 31.0 Å². The summed E-state index contributed by atoms with van der Waals surface area (Å²) in [5, 5.41) is 16.0. The van der Waals surface area contributed by atoms with Gasteiger partial charge in [-0.1, -0.05) is 59.9 Å². The standard InChI is InChI=1S/C19H14N6O2S/c26-16(22-19-25-24-18(28-19)12-6-2-1-3-7-12)17(27)23-21-11-13-10-20-15-9-5-4-8-14(13)15/h1-11,20H,(H,23,27)(H,22,25,26). The molecule has 2 aromatic carbocycles. The number of H-pyrrole nitrogens is 1. The fourth-order valence-electron chi connectivity index (χ4n) is 2.54. The topological polar surface area (TPSA) is 112 Å². The molecule has 0 radical (unpaired) electrons. The predicted molar refractivity (Wildman–Crippen MR) is 108 cm³/mol. The van der Waals surface area contributed by atoms with Gasteiger partial charge in [0.05, 0.1) is 6.21 Å². The molecular formula is C19H14N6O2S. The van der Waals surface area contributed by atoms with Crippen LogP contribution in [-0.2, 0) is 9.59 Å². The van der Waals surface area contributed by atoms with Crippen LogP contribution in [-0.4, -0.2) is 33.2 Å². The molecule has 0 unspecified atom stereocenters. The Morgan fingerprint density at radius 1 is 1.00 bits per heavy atom. The number of benzene rings is 2. The number of hydrogen-bond donors (Lipinski definition) is 3. The highest BCUT2D eigenvalue weighted by Crippen LogP contribution is 2.25. The molecule has 9 heteroatoms. The lowest BCUT2D eigenvalue weighted by Crippen LogP contribution is -2.32. The Bertz CT molecular complexity index is 1170. The van der Waals surface area contributed by atoms with Crippen LogP contribution in [0.3, 0.4) is 0 Å². The largest absolute Gasteiger partial charge is 0.361 e. The first-order chi connectivity index (χ1) is 13.7. The Morgan fingerprint density at radius 3 is 2.64 bits per heavy atom. The zero-order chi connectivity index (χ0) is 19.3. The van der Waals surface area contributed by atoms with Gasteiger partial charge in [-0.15, -0.1) is 10.2 Å². The van der Waals surface area contributed by atoms with E-state index in [0.717, 1.165) is 22.0 Å². The van der Waals surface area contributed by atoms with E-state index in [1.807, 2.05) is 54.6 Å². The van der Waals surface area contributed by atoms with E-state index in [0.29, 0.717) is 5.01 Å². The van der Waals surface area contributed by atoms with Gasteiger partial charge in [0.15, 0.2) is 0 Å². The number of amides is 2. The number of para-hydroxylation sites is 1. The zero-order valence-electron chi connectivity index (χ0n) is 14.4. The first-order valence-electron chi connectivity index (χ1n) is 8.30. The van der Waals surface area contributed by atoms with Crippen LogP contribution in [0.4, 0.5) is 5.13 Å². The van der Waals surface area contributed by atoms with Crippen molar-refractivity contribution in [1.82, 2.24) is 20.6 Å². The van der Waals surface area contributed by atoms with Crippen molar-refractivity contribution in [3.8, 4) is 10.6 Å². The molecule has 4 rings (SSSR count).